The zero-order chi connectivity index (χ0) is 16.5. The summed E-state index contributed by atoms with van der Waals surface area (Å²) >= 11 is 0. The number of nitrogens with two attached hydrogens (primary N) is 1. The summed E-state index contributed by atoms with van der Waals surface area (Å²) in [6.45, 7) is 1.40. The summed E-state index contributed by atoms with van der Waals surface area (Å²) in [5.74, 6) is 0.772. The lowest BCUT2D eigenvalue weighted by Gasteiger charge is -2.25. The number of guanidine groups is 1. The monoisotopic (exact) mass is 466 g/mol. The molecule has 0 saturated heterocycles. The number of sulfonamides is 1. The number of benzene rings is 1. The van der Waals surface area contributed by atoms with E-state index in [4.69, 9.17) is 5.73 Å². The van der Waals surface area contributed by atoms with Gasteiger partial charge in [0.05, 0.1) is 12.3 Å². The molecule has 1 fully saturated rings. The molecule has 1 aromatic rings. The van der Waals surface area contributed by atoms with E-state index in [2.05, 4.69) is 27.2 Å². The third-order valence-corrected chi connectivity index (χ3v) is 5.35. The van der Waals surface area contributed by atoms with E-state index >= 15 is 0 Å². The Balaban J connectivity index is 0.00000288. The lowest BCUT2D eigenvalue weighted by molar-refractivity contribution is 0.316. The topological polar surface area (TPSA) is 96.6 Å². The molecule has 0 bridgehead atoms. The standard InChI is InChI=1S/C16H26N4O2S.HI/c17-16(18-10-9-14-5-2-1-3-6-14)19-11-12-23(21,22)20-13-15-7-4-8-15;/h1-3,5-6,15,20H,4,7-13H2,(H3,17,18,19);1H. The fourth-order valence-electron chi connectivity index (χ4n) is 2.34. The van der Waals surface area contributed by atoms with Crippen molar-refractivity contribution in [2.75, 3.05) is 25.4 Å². The predicted octanol–water partition coefficient (Wildman–Crippen LogP) is 1.47. The average Bonchev–Trinajstić information content (AvgIpc) is 2.46. The van der Waals surface area contributed by atoms with Gasteiger partial charge in [-0.2, -0.15) is 0 Å². The van der Waals surface area contributed by atoms with Crippen LogP contribution < -0.4 is 15.8 Å². The van der Waals surface area contributed by atoms with Crippen molar-refractivity contribution in [3.8, 4) is 0 Å². The van der Waals surface area contributed by atoms with Crippen molar-refractivity contribution >= 4 is 40.0 Å². The third-order valence-electron chi connectivity index (χ3n) is 4.02. The molecule has 1 aliphatic rings. The number of hydrogen-bond donors (Lipinski definition) is 3. The van der Waals surface area contributed by atoms with Gasteiger partial charge in [-0.15, -0.1) is 24.0 Å². The summed E-state index contributed by atoms with van der Waals surface area (Å²) in [5, 5.41) is 3.00. The number of hydrogen-bond acceptors (Lipinski definition) is 3. The maximum atomic E-state index is 11.8. The normalized spacial score (nSPS) is 15.4. The van der Waals surface area contributed by atoms with Gasteiger partial charge in [-0.05, 0) is 30.7 Å². The molecule has 0 aliphatic heterocycles. The molecule has 24 heavy (non-hydrogen) atoms. The smallest absolute Gasteiger partial charge is 0.213 e. The van der Waals surface area contributed by atoms with E-state index in [0.717, 1.165) is 19.3 Å². The van der Waals surface area contributed by atoms with E-state index in [1.807, 2.05) is 18.2 Å². The van der Waals surface area contributed by atoms with Crippen molar-refractivity contribution < 1.29 is 8.42 Å². The molecular weight excluding hydrogens is 439 g/mol. The van der Waals surface area contributed by atoms with Crippen LogP contribution >= 0.6 is 24.0 Å². The van der Waals surface area contributed by atoms with Gasteiger partial charge in [-0.3, -0.25) is 4.99 Å². The Morgan fingerprint density at radius 2 is 1.96 bits per heavy atom. The summed E-state index contributed by atoms with van der Waals surface area (Å²) < 4.78 is 26.3. The van der Waals surface area contributed by atoms with Crippen LogP contribution in [-0.4, -0.2) is 39.8 Å². The fraction of sp³-hybridized carbons (Fsp3) is 0.562. The SMILES string of the molecule is I.NC(=NCCS(=O)(=O)NCC1CCC1)NCCc1ccccc1. The molecule has 1 aromatic carbocycles. The van der Waals surface area contributed by atoms with E-state index in [1.54, 1.807) is 0 Å². The van der Waals surface area contributed by atoms with Crippen LogP contribution in [0.15, 0.2) is 35.3 Å². The lowest BCUT2D eigenvalue weighted by atomic mass is 9.86. The van der Waals surface area contributed by atoms with Crippen LogP contribution in [0.3, 0.4) is 0 Å². The average molecular weight is 466 g/mol. The van der Waals surface area contributed by atoms with Crippen molar-refractivity contribution in [2.45, 2.75) is 25.7 Å². The number of nitrogens with zero attached hydrogens (tertiary/aromatic N) is 1. The van der Waals surface area contributed by atoms with Gasteiger partial charge >= 0.3 is 0 Å². The van der Waals surface area contributed by atoms with Crippen LogP contribution in [0.1, 0.15) is 24.8 Å². The molecule has 1 aliphatic carbocycles. The first kappa shape index (κ1) is 21.2. The number of aliphatic imine (C=N–C) groups is 1. The van der Waals surface area contributed by atoms with Crippen LogP contribution in [0.5, 0.6) is 0 Å². The van der Waals surface area contributed by atoms with Gasteiger partial charge in [0.2, 0.25) is 10.0 Å². The minimum atomic E-state index is -3.25. The van der Waals surface area contributed by atoms with E-state index in [-0.39, 0.29) is 42.2 Å². The summed E-state index contributed by atoms with van der Waals surface area (Å²) in [4.78, 5) is 4.07. The maximum absolute atomic E-state index is 11.8. The molecule has 2 rings (SSSR count). The summed E-state index contributed by atoms with van der Waals surface area (Å²) in [5.41, 5.74) is 6.96. The molecule has 1 saturated carbocycles. The molecule has 4 N–H and O–H groups in total. The zero-order valence-electron chi connectivity index (χ0n) is 13.8. The quantitative estimate of drug-likeness (QED) is 0.292. The molecule has 0 unspecified atom stereocenters. The Morgan fingerprint density at radius 1 is 1.25 bits per heavy atom. The van der Waals surface area contributed by atoms with Gasteiger partial charge in [0.1, 0.15) is 0 Å². The Morgan fingerprint density at radius 3 is 2.58 bits per heavy atom. The molecule has 0 radical (unpaired) electrons. The Bertz CT molecular complexity index is 604. The van der Waals surface area contributed by atoms with Crippen LogP contribution in [0, 0.1) is 5.92 Å². The molecule has 0 amide bonds. The van der Waals surface area contributed by atoms with Crippen LogP contribution in [0.25, 0.3) is 0 Å². The fourth-order valence-corrected chi connectivity index (χ4v) is 3.30. The van der Waals surface area contributed by atoms with Crippen molar-refractivity contribution in [2.24, 2.45) is 16.6 Å². The molecule has 8 heteroatoms. The van der Waals surface area contributed by atoms with Crippen molar-refractivity contribution in [1.82, 2.24) is 10.0 Å². The van der Waals surface area contributed by atoms with E-state index in [9.17, 15) is 8.42 Å². The van der Waals surface area contributed by atoms with Gasteiger partial charge in [0.15, 0.2) is 5.96 Å². The van der Waals surface area contributed by atoms with Crippen LogP contribution in [0.2, 0.25) is 0 Å². The van der Waals surface area contributed by atoms with Crippen LogP contribution in [-0.2, 0) is 16.4 Å². The second-order valence-electron chi connectivity index (χ2n) is 5.89. The van der Waals surface area contributed by atoms with Gasteiger partial charge in [-0.25, -0.2) is 13.1 Å². The lowest BCUT2D eigenvalue weighted by Crippen LogP contribution is -2.36. The second kappa shape index (κ2) is 10.9. The third kappa shape index (κ3) is 8.29. The summed E-state index contributed by atoms with van der Waals surface area (Å²) in [6, 6.07) is 10.1. The number of nitrogens with one attached hydrogen (secondary N) is 2. The second-order valence-corrected chi connectivity index (χ2v) is 7.82. The first-order valence-corrected chi connectivity index (χ1v) is 9.75. The first-order chi connectivity index (χ1) is 11.1. The van der Waals surface area contributed by atoms with Crippen molar-refractivity contribution in [3.05, 3.63) is 35.9 Å². The summed E-state index contributed by atoms with van der Waals surface area (Å²) in [7, 11) is -3.25. The van der Waals surface area contributed by atoms with E-state index in [0.29, 0.717) is 19.0 Å². The summed E-state index contributed by atoms with van der Waals surface area (Å²) in [6.07, 6.45) is 4.30. The molecule has 0 spiro atoms. The van der Waals surface area contributed by atoms with Gasteiger partial charge < -0.3 is 11.1 Å². The Kier molecular flexibility index (Phi) is 9.60. The highest BCUT2D eigenvalue weighted by Gasteiger charge is 2.19. The van der Waals surface area contributed by atoms with Gasteiger partial charge in [0, 0.05) is 13.1 Å². The largest absolute Gasteiger partial charge is 0.370 e. The highest BCUT2D eigenvalue weighted by Crippen LogP contribution is 2.25. The Hall–Kier alpha value is -0.870. The van der Waals surface area contributed by atoms with E-state index in [1.165, 1.54) is 12.0 Å². The molecule has 0 aromatic heterocycles. The minimum absolute atomic E-state index is 0. The minimum Gasteiger partial charge on any atom is -0.370 e. The molecule has 0 heterocycles. The predicted molar refractivity (Wildman–Crippen MR) is 109 cm³/mol. The van der Waals surface area contributed by atoms with Crippen molar-refractivity contribution in [3.63, 3.8) is 0 Å². The Labute approximate surface area is 161 Å². The van der Waals surface area contributed by atoms with Crippen molar-refractivity contribution in [1.29, 1.82) is 0 Å². The highest BCUT2D eigenvalue weighted by atomic mass is 127. The number of halogens is 1. The molecule has 136 valence electrons. The van der Waals surface area contributed by atoms with Gasteiger partial charge in [0.25, 0.3) is 0 Å². The highest BCUT2D eigenvalue weighted by molar-refractivity contribution is 14.0. The molecular formula is C16H27IN4O2S. The molecule has 0 atom stereocenters. The molecule has 6 nitrogen and oxygen atoms in total. The van der Waals surface area contributed by atoms with E-state index < -0.39 is 10.0 Å². The number of rotatable bonds is 9. The van der Waals surface area contributed by atoms with Crippen LogP contribution in [0.4, 0.5) is 0 Å². The maximum Gasteiger partial charge on any atom is 0.213 e. The first-order valence-electron chi connectivity index (χ1n) is 8.10. The zero-order valence-corrected chi connectivity index (χ0v) is 16.9. The van der Waals surface area contributed by atoms with Gasteiger partial charge in [-0.1, -0.05) is 36.8 Å².